The van der Waals surface area contributed by atoms with Gasteiger partial charge in [0.05, 0.1) is 17.1 Å². The molecular weight excluding hydrogens is 309 g/mol. The molecule has 0 heterocycles. The molecule has 2 rings (SSSR count). The van der Waals surface area contributed by atoms with Gasteiger partial charge in [-0.05, 0) is 18.2 Å². The Morgan fingerprint density at radius 1 is 1.00 bits per heavy atom. The molecule has 0 bridgehead atoms. The molecule has 94 valence electrons. The van der Waals surface area contributed by atoms with Crippen LogP contribution in [0.3, 0.4) is 0 Å². The highest BCUT2D eigenvalue weighted by Crippen LogP contribution is 2.28. The molecule has 0 saturated heterocycles. The van der Waals surface area contributed by atoms with Crippen molar-refractivity contribution in [1.82, 2.24) is 0 Å². The van der Waals surface area contributed by atoms with E-state index in [9.17, 15) is 13.2 Å². The standard InChI is InChI=1S/C12H8BrF3N2/c13-6-1-2-10(9(17)3-6)18-11-5-7(14)4-8(15)12(11)16/h1-5,18H,17H2. The fourth-order valence-electron chi connectivity index (χ4n) is 1.44. The lowest BCUT2D eigenvalue weighted by Crippen LogP contribution is -2.00. The summed E-state index contributed by atoms with van der Waals surface area (Å²) in [6, 6.07) is 6.18. The van der Waals surface area contributed by atoms with E-state index in [0.717, 1.165) is 10.5 Å². The van der Waals surface area contributed by atoms with Crippen LogP contribution in [0, 0.1) is 17.5 Å². The molecule has 0 aliphatic heterocycles. The summed E-state index contributed by atoms with van der Waals surface area (Å²) in [5, 5.41) is 2.55. The zero-order valence-electron chi connectivity index (χ0n) is 8.98. The van der Waals surface area contributed by atoms with Crippen molar-refractivity contribution in [2.24, 2.45) is 0 Å². The van der Waals surface area contributed by atoms with Crippen LogP contribution in [0.5, 0.6) is 0 Å². The maximum atomic E-state index is 13.4. The molecule has 0 aromatic heterocycles. The minimum Gasteiger partial charge on any atom is -0.397 e. The summed E-state index contributed by atoms with van der Waals surface area (Å²) in [5.41, 5.74) is 6.08. The average molecular weight is 317 g/mol. The van der Waals surface area contributed by atoms with Gasteiger partial charge >= 0.3 is 0 Å². The summed E-state index contributed by atoms with van der Waals surface area (Å²) in [5.74, 6) is -3.28. The van der Waals surface area contributed by atoms with Gasteiger partial charge in [0, 0.05) is 16.6 Å². The van der Waals surface area contributed by atoms with Crippen LogP contribution in [0.4, 0.5) is 30.2 Å². The molecule has 0 saturated carbocycles. The SMILES string of the molecule is Nc1cc(Br)ccc1Nc1cc(F)cc(F)c1F. The number of hydrogen-bond acceptors (Lipinski definition) is 2. The van der Waals surface area contributed by atoms with E-state index in [1.807, 2.05) is 0 Å². The molecule has 0 atom stereocenters. The Balaban J connectivity index is 2.40. The highest BCUT2D eigenvalue weighted by molar-refractivity contribution is 9.10. The fraction of sp³-hybridized carbons (Fsp3) is 0. The summed E-state index contributed by atoms with van der Waals surface area (Å²) < 4.78 is 40.2. The van der Waals surface area contributed by atoms with Crippen molar-refractivity contribution < 1.29 is 13.2 Å². The number of halogens is 4. The topological polar surface area (TPSA) is 38.0 Å². The van der Waals surface area contributed by atoms with Crippen LogP contribution in [-0.2, 0) is 0 Å². The first-order valence-electron chi connectivity index (χ1n) is 4.94. The molecule has 0 fully saturated rings. The van der Waals surface area contributed by atoms with E-state index >= 15 is 0 Å². The van der Waals surface area contributed by atoms with E-state index in [1.54, 1.807) is 18.2 Å². The maximum absolute atomic E-state index is 13.4. The van der Waals surface area contributed by atoms with E-state index < -0.39 is 17.5 Å². The van der Waals surface area contributed by atoms with Gasteiger partial charge in [-0.1, -0.05) is 15.9 Å². The number of nitrogens with one attached hydrogen (secondary N) is 1. The monoisotopic (exact) mass is 316 g/mol. The second-order valence-electron chi connectivity index (χ2n) is 3.61. The van der Waals surface area contributed by atoms with Gasteiger partial charge in [-0.25, -0.2) is 13.2 Å². The maximum Gasteiger partial charge on any atom is 0.182 e. The third-order valence-electron chi connectivity index (χ3n) is 2.28. The third kappa shape index (κ3) is 2.59. The van der Waals surface area contributed by atoms with Crippen LogP contribution in [0.15, 0.2) is 34.8 Å². The van der Waals surface area contributed by atoms with Crippen LogP contribution in [-0.4, -0.2) is 0 Å². The van der Waals surface area contributed by atoms with Crippen LogP contribution in [0.2, 0.25) is 0 Å². The van der Waals surface area contributed by atoms with Crippen LogP contribution in [0.25, 0.3) is 0 Å². The molecule has 6 heteroatoms. The van der Waals surface area contributed by atoms with Crippen molar-refractivity contribution in [3.05, 3.63) is 52.3 Å². The lowest BCUT2D eigenvalue weighted by molar-refractivity contribution is 0.498. The molecule has 3 N–H and O–H groups in total. The Morgan fingerprint density at radius 3 is 2.39 bits per heavy atom. The van der Waals surface area contributed by atoms with Crippen molar-refractivity contribution in [3.63, 3.8) is 0 Å². The van der Waals surface area contributed by atoms with Gasteiger partial charge < -0.3 is 11.1 Å². The average Bonchev–Trinajstić information content (AvgIpc) is 2.29. The van der Waals surface area contributed by atoms with Crippen LogP contribution in [0.1, 0.15) is 0 Å². The van der Waals surface area contributed by atoms with Crippen LogP contribution >= 0.6 is 15.9 Å². The first kappa shape index (κ1) is 12.8. The quantitative estimate of drug-likeness (QED) is 0.644. The van der Waals surface area contributed by atoms with Crippen molar-refractivity contribution in [3.8, 4) is 0 Å². The summed E-state index contributed by atoms with van der Waals surface area (Å²) in [6.45, 7) is 0. The second kappa shape index (κ2) is 4.89. The predicted octanol–water partition coefficient (Wildman–Crippen LogP) is 4.19. The zero-order valence-corrected chi connectivity index (χ0v) is 10.6. The summed E-state index contributed by atoms with van der Waals surface area (Å²) >= 11 is 3.22. The Kier molecular flexibility index (Phi) is 3.47. The van der Waals surface area contributed by atoms with Crippen molar-refractivity contribution >= 4 is 33.0 Å². The molecular formula is C12H8BrF3N2. The second-order valence-corrected chi connectivity index (χ2v) is 4.52. The fourth-order valence-corrected chi connectivity index (χ4v) is 1.82. The minimum atomic E-state index is -1.26. The third-order valence-corrected chi connectivity index (χ3v) is 2.77. The smallest absolute Gasteiger partial charge is 0.182 e. The Hall–Kier alpha value is -1.69. The lowest BCUT2D eigenvalue weighted by atomic mass is 10.2. The van der Waals surface area contributed by atoms with Crippen molar-refractivity contribution in [1.29, 1.82) is 0 Å². The van der Waals surface area contributed by atoms with Gasteiger partial charge in [0.2, 0.25) is 0 Å². The number of nitrogens with two attached hydrogens (primary N) is 1. The molecule has 18 heavy (non-hydrogen) atoms. The largest absolute Gasteiger partial charge is 0.397 e. The molecule has 0 aliphatic rings. The van der Waals surface area contributed by atoms with Gasteiger partial charge in [0.25, 0.3) is 0 Å². The lowest BCUT2D eigenvalue weighted by Gasteiger charge is -2.11. The Bertz CT molecular complexity index is 602. The molecule has 0 spiro atoms. The van der Waals surface area contributed by atoms with E-state index in [4.69, 9.17) is 5.73 Å². The van der Waals surface area contributed by atoms with Crippen molar-refractivity contribution in [2.45, 2.75) is 0 Å². The van der Waals surface area contributed by atoms with Gasteiger partial charge in [0.1, 0.15) is 5.82 Å². The Labute approximate surface area is 110 Å². The first-order chi connectivity index (χ1) is 8.47. The molecule has 2 aromatic carbocycles. The highest BCUT2D eigenvalue weighted by Gasteiger charge is 2.12. The van der Waals surface area contributed by atoms with Crippen LogP contribution < -0.4 is 11.1 Å². The summed E-state index contributed by atoms with van der Waals surface area (Å²) in [6.07, 6.45) is 0. The molecule has 0 amide bonds. The number of nitrogen functional groups attached to an aromatic ring is 1. The number of benzene rings is 2. The summed E-state index contributed by atoms with van der Waals surface area (Å²) in [4.78, 5) is 0. The molecule has 0 radical (unpaired) electrons. The zero-order chi connectivity index (χ0) is 13.3. The Morgan fingerprint density at radius 2 is 1.72 bits per heavy atom. The van der Waals surface area contributed by atoms with E-state index in [2.05, 4.69) is 21.2 Å². The van der Waals surface area contributed by atoms with Gasteiger partial charge in [-0.2, -0.15) is 0 Å². The normalized spacial score (nSPS) is 10.4. The molecule has 0 aliphatic carbocycles. The van der Waals surface area contributed by atoms with E-state index in [1.165, 1.54) is 0 Å². The van der Waals surface area contributed by atoms with Crippen molar-refractivity contribution in [2.75, 3.05) is 11.1 Å². The number of rotatable bonds is 2. The molecule has 0 unspecified atom stereocenters. The summed E-state index contributed by atoms with van der Waals surface area (Å²) in [7, 11) is 0. The molecule has 2 aromatic rings. The molecule has 2 nitrogen and oxygen atoms in total. The number of anilines is 3. The number of hydrogen-bond donors (Lipinski definition) is 2. The van der Waals surface area contributed by atoms with Gasteiger partial charge in [0.15, 0.2) is 11.6 Å². The first-order valence-corrected chi connectivity index (χ1v) is 5.73. The van der Waals surface area contributed by atoms with Gasteiger partial charge in [-0.3, -0.25) is 0 Å². The van der Waals surface area contributed by atoms with E-state index in [-0.39, 0.29) is 5.69 Å². The minimum absolute atomic E-state index is 0.304. The highest BCUT2D eigenvalue weighted by atomic mass is 79.9. The van der Waals surface area contributed by atoms with E-state index in [0.29, 0.717) is 17.4 Å². The van der Waals surface area contributed by atoms with Gasteiger partial charge in [-0.15, -0.1) is 0 Å². The predicted molar refractivity (Wildman–Crippen MR) is 68.2 cm³/mol.